The van der Waals surface area contributed by atoms with Crippen molar-refractivity contribution in [3.63, 3.8) is 0 Å². The molecule has 1 fully saturated rings. The summed E-state index contributed by atoms with van der Waals surface area (Å²) >= 11 is 3.40. The number of ether oxygens (including phenoxy) is 1. The Balaban J connectivity index is 1.79. The smallest absolute Gasteiger partial charge is 0.252 e. The first kappa shape index (κ1) is 14.5. The normalized spacial score (nSPS) is 20.2. The van der Waals surface area contributed by atoms with Crippen molar-refractivity contribution in [1.29, 1.82) is 0 Å². The number of rotatable bonds is 5. The fraction of sp³-hybridized carbons (Fsp3) is 0.533. The Morgan fingerprint density at radius 2 is 2.32 bits per heavy atom. The van der Waals surface area contributed by atoms with E-state index in [0.717, 1.165) is 30.3 Å². The second-order valence-corrected chi connectivity index (χ2v) is 5.92. The predicted octanol–water partition coefficient (Wildman–Crippen LogP) is 3.53. The van der Waals surface area contributed by atoms with Crippen molar-refractivity contribution in [3.05, 3.63) is 34.3 Å². The van der Waals surface area contributed by atoms with Crippen molar-refractivity contribution in [2.75, 3.05) is 6.61 Å². The lowest BCUT2D eigenvalue weighted by atomic mass is 10.1. The summed E-state index contributed by atoms with van der Waals surface area (Å²) in [5.74, 6) is -0.0210. The second-order valence-electron chi connectivity index (χ2n) is 5.07. The minimum Gasteiger partial charge on any atom is -0.378 e. The van der Waals surface area contributed by atoms with E-state index in [-0.39, 0.29) is 11.9 Å². The molecule has 2 rings (SSSR count). The number of benzene rings is 1. The Bertz CT molecular complexity index is 430. The van der Waals surface area contributed by atoms with Crippen LogP contribution in [0.2, 0.25) is 0 Å². The zero-order valence-corrected chi connectivity index (χ0v) is 12.8. The molecule has 1 aliphatic rings. The summed E-state index contributed by atoms with van der Waals surface area (Å²) < 4.78 is 6.42. The van der Waals surface area contributed by atoms with Crippen LogP contribution in [0.3, 0.4) is 0 Å². The molecule has 1 aliphatic heterocycles. The van der Waals surface area contributed by atoms with Crippen LogP contribution in [0.1, 0.15) is 43.0 Å². The standard InChI is InChI=1S/C15H20BrNO2/c1-11(8-9-12-5-4-10-19-12)17-15(18)13-6-2-3-7-14(13)16/h2-3,6-7,11-12H,4-5,8-10H2,1H3,(H,17,18)/t11-,12-/m0/s1. The van der Waals surface area contributed by atoms with Gasteiger partial charge in [0.1, 0.15) is 0 Å². The maximum atomic E-state index is 12.1. The van der Waals surface area contributed by atoms with Crippen LogP contribution in [0.15, 0.2) is 28.7 Å². The molecule has 1 N–H and O–H groups in total. The zero-order valence-electron chi connectivity index (χ0n) is 11.2. The largest absolute Gasteiger partial charge is 0.378 e. The molecule has 104 valence electrons. The topological polar surface area (TPSA) is 38.3 Å². The Morgan fingerprint density at radius 1 is 1.53 bits per heavy atom. The zero-order chi connectivity index (χ0) is 13.7. The summed E-state index contributed by atoms with van der Waals surface area (Å²) in [6, 6.07) is 7.65. The molecule has 1 aromatic rings. The van der Waals surface area contributed by atoms with Crippen LogP contribution >= 0.6 is 15.9 Å². The molecule has 1 aromatic carbocycles. The molecule has 4 heteroatoms. The molecule has 3 nitrogen and oxygen atoms in total. The average Bonchev–Trinajstić information content (AvgIpc) is 2.90. The number of nitrogens with one attached hydrogen (secondary N) is 1. The number of carbonyl (C=O) groups excluding carboxylic acids is 1. The van der Waals surface area contributed by atoms with Gasteiger partial charge in [-0.25, -0.2) is 0 Å². The average molecular weight is 326 g/mol. The van der Waals surface area contributed by atoms with E-state index >= 15 is 0 Å². The molecule has 0 radical (unpaired) electrons. The van der Waals surface area contributed by atoms with Crippen LogP contribution in [-0.2, 0) is 4.74 Å². The minimum atomic E-state index is -0.0210. The molecule has 0 bridgehead atoms. The van der Waals surface area contributed by atoms with Crippen molar-refractivity contribution in [2.24, 2.45) is 0 Å². The van der Waals surface area contributed by atoms with Gasteiger partial charge in [0.05, 0.1) is 11.7 Å². The van der Waals surface area contributed by atoms with E-state index in [1.165, 1.54) is 6.42 Å². The van der Waals surface area contributed by atoms with Crippen LogP contribution in [0.4, 0.5) is 0 Å². The molecular formula is C15H20BrNO2. The Kier molecular flexibility index (Phi) is 5.40. The van der Waals surface area contributed by atoms with E-state index in [1.54, 1.807) is 0 Å². The molecule has 0 aliphatic carbocycles. The quantitative estimate of drug-likeness (QED) is 0.899. The van der Waals surface area contributed by atoms with Crippen LogP contribution in [-0.4, -0.2) is 24.7 Å². The highest BCUT2D eigenvalue weighted by molar-refractivity contribution is 9.10. The predicted molar refractivity (Wildman–Crippen MR) is 79.3 cm³/mol. The molecule has 19 heavy (non-hydrogen) atoms. The molecule has 0 saturated carbocycles. The van der Waals surface area contributed by atoms with Crippen LogP contribution < -0.4 is 5.32 Å². The summed E-state index contributed by atoms with van der Waals surface area (Å²) in [7, 11) is 0. The van der Waals surface area contributed by atoms with E-state index in [9.17, 15) is 4.79 Å². The third-order valence-electron chi connectivity index (χ3n) is 3.44. The number of carbonyl (C=O) groups is 1. The molecule has 1 heterocycles. The highest BCUT2D eigenvalue weighted by atomic mass is 79.9. The first-order valence-corrected chi connectivity index (χ1v) is 7.63. The Morgan fingerprint density at radius 3 is 3.00 bits per heavy atom. The lowest BCUT2D eigenvalue weighted by molar-refractivity contribution is 0.0899. The Labute approximate surface area is 122 Å². The maximum Gasteiger partial charge on any atom is 0.252 e. The van der Waals surface area contributed by atoms with Gasteiger partial charge >= 0.3 is 0 Å². The van der Waals surface area contributed by atoms with E-state index in [0.29, 0.717) is 11.7 Å². The Hall–Kier alpha value is -0.870. The first-order chi connectivity index (χ1) is 9.16. The number of halogens is 1. The summed E-state index contributed by atoms with van der Waals surface area (Å²) in [4.78, 5) is 12.1. The van der Waals surface area contributed by atoms with Gasteiger partial charge in [-0.2, -0.15) is 0 Å². The molecule has 0 spiro atoms. The van der Waals surface area contributed by atoms with Crippen molar-refractivity contribution in [3.8, 4) is 0 Å². The van der Waals surface area contributed by atoms with Gasteiger partial charge in [-0.15, -0.1) is 0 Å². The molecule has 0 unspecified atom stereocenters. The molecule has 2 atom stereocenters. The molecule has 1 saturated heterocycles. The third kappa shape index (κ3) is 4.32. The van der Waals surface area contributed by atoms with Gasteiger partial charge in [0.2, 0.25) is 0 Å². The van der Waals surface area contributed by atoms with Crippen LogP contribution in [0.25, 0.3) is 0 Å². The highest BCUT2D eigenvalue weighted by Gasteiger charge is 2.17. The lowest BCUT2D eigenvalue weighted by Gasteiger charge is -2.16. The fourth-order valence-corrected chi connectivity index (χ4v) is 2.79. The van der Waals surface area contributed by atoms with Crippen molar-refractivity contribution in [1.82, 2.24) is 5.32 Å². The highest BCUT2D eigenvalue weighted by Crippen LogP contribution is 2.19. The van der Waals surface area contributed by atoms with Gasteiger partial charge in [-0.05, 0) is 60.7 Å². The summed E-state index contributed by atoms with van der Waals surface area (Å²) in [6.07, 6.45) is 4.70. The lowest BCUT2D eigenvalue weighted by Crippen LogP contribution is -2.33. The first-order valence-electron chi connectivity index (χ1n) is 6.84. The molecule has 0 aromatic heterocycles. The van der Waals surface area contributed by atoms with Crippen LogP contribution in [0, 0.1) is 0 Å². The van der Waals surface area contributed by atoms with Crippen molar-refractivity contribution in [2.45, 2.75) is 44.8 Å². The van der Waals surface area contributed by atoms with Gasteiger partial charge in [0.25, 0.3) is 5.91 Å². The van der Waals surface area contributed by atoms with E-state index < -0.39 is 0 Å². The van der Waals surface area contributed by atoms with E-state index in [4.69, 9.17) is 4.74 Å². The van der Waals surface area contributed by atoms with Gasteiger partial charge < -0.3 is 10.1 Å². The molecular weight excluding hydrogens is 306 g/mol. The van der Waals surface area contributed by atoms with Crippen LogP contribution in [0.5, 0.6) is 0 Å². The SMILES string of the molecule is C[C@@H](CC[C@@H]1CCCO1)NC(=O)c1ccccc1Br. The monoisotopic (exact) mass is 325 g/mol. The summed E-state index contributed by atoms with van der Waals surface area (Å²) in [5, 5.41) is 3.04. The van der Waals surface area contributed by atoms with E-state index in [2.05, 4.69) is 21.2 Å². The third-order valence-corrected chi connectivity index (χ3v) is 4.13. The number of hydrogen-bond acceptors (Lipinski definition) is 2. The van der Waals surface area contributed by atoms with Gasteiger partial charge in [0.15, 0.2) is 0 Å². The number of hydrogen-bond donors (Lipinski definition) is 1. The summed E-state index contributed by atoms with van der Waals surface area (Å²) in [6.45, 7) is 2.94. The second kappa shape index (κ2) is 7.06. The molecule has 1 amide bonds. The van der Waals surface area contributed by atoms with E-state index in [1.807, 2.05) is 31.2 Å². The van der Waals surface area contributed by atoms with Gasteiger partial charge in [-0.3, -0.25) is 4.79 Å². The minimum absolute atomic E-state index is 0.0210. The maximum absolute atomic E-state index is 12.1. The number of amides is 1. The van der Waals surface area contributed by atoms with Crippen molar-refractivity contribution >= 4 is 21.8 Å². The van der Waals surface area contributed by atoms with Gasteiger partial charge in [-0.1, -0.05) is 12.1 Å². The van der Waals surface area contributed by atoms with Gasteiger partial charge in [0, 0.05) is 17.1 Å². The van der Waals surface area contributed by atoms with Crippen molar-refractivity contribution < 1.29 is 9.53 Å². The summed E-state index contributed by atoms with van der Waals surface area (Å²) in [5.41, 5.74) is 0.687. The fourth-order valence-electron chi connectivity index (χ4n) is 2.33.